The van der Waals surface area contributed by atoms with E-state index in [1.165, 1.54) is 49.7 Å². The van der Waals surface area contributed by atoms with Crippen LogP contribution in [0.4, 0.5) is 0 Å². The van der Waals surface area contributed by atoms with Crippen LogP contribution in [0.2, 0.25) is 0 Å². The molecular weight excluding hydrogens is 620 g/mol. The molecular formula is C44H62N2O4. The summed E-state index contributed by atoms with van der Waals surface area (Å²) in [7, 11) is 0. The van der Waals surface area contributed by atoms with E-state index in [9.17, 15) is 19.5 Å². The first-order valence-corrected chi connectivity index (χ1v) is 19.7. The largest absolute Gasteiger partial charge is 0.478 e. The summed E-state index contributed by atoms with van der Waals surface area (Å²) in [5.41, 5.74) is 4.93. The molecule has 50 heavy (non-hydrogen) atoms. The Kier molecular flexibility index (Phi) is 8.58. The number of nitrogens with one attached hydrogen (secondary N) is 1. The molecule has 2 amide bonds. The Bertz CT molecular complexity index is 1610. The van der Waals surface area contributed by atoms with Gasteiger partial charge in [0.05, 0.1) is 5.56 Å². The molecule has 272 valence electrons. The predicted molar refractivity (Wildman–Crippen MR) is 199 cm³/mol. The van der Waals surface area contributed by atoms with Crippen LogP contribution in [-0.4, -0.2) is 46.9 Å². The number of amides is 2. The molecule has 4 saturated carbocycles. The Hall–Kier alpha value is -2.89. The molecule has 1 aromatic carbocycles. The number of rotatable bonds is 6. The maximum absolute atomic E-state index is 13.6. The van der Waals surface area contributed by atoms with Gasteiger partial charge in [0.2, 0.25) is 11.8 Å². The lowest BCUT2D eigenvalue weighted by atomic mass is 9.32. The highest BCUT2D eigenvalue weighted by Gasteiger charge is 2.70. The van der Waals surface area contributed by atoms with Crippen molar-refractivity contribution in [1.82, 2.24) is 10.2 Å². The van der Waals surface area contributed by atoms with Crippen molar-refractivity contribution in [2.45, 2.75) is 125 Å². The van der Waals surface area contributed by atoms with Crippen LogP contribution in [0, 0.1) is 56.7 Å². The lowest BCUT2D eigenvalue weighted by Gasteiger charge is -2.72. The van der Waals surface area contributed by atoms with E-state index in [1.54, 1.807) is 24.0 Å². The van der Waals surface area contributed by atoms with E-state index in [1.807, 2.05) is 12.1 Å². The van der Waals surface area contributed by atoms with E-state index < -0.39 is 5.97 Å². The molecule has 1 aromatic rings. The van der Waals surface area contributed by atoms with E-state index in [0.29, 0.717) is 41.7 Å². The van der Waals surface area contributed by atoms with Crippen molar-refractivity contribution in [3.63, 3.8) is 0 Å². The Balaban J connectivity index is 1.17. The van der Waals surface area contributed by atoms with Gasteiger partial charge in [0.1, 0.15) is 6.04 Å². The molecule has 5 fully saturated rings. The predicted octanol–water partition coefficient (Wildman–Crippen LogP) is 9.16. The van der Waals surface area contributed by atoms with Crippen molar-refractivity contribution < 1.29 is 19.5 Å². The van der Waals surface area contributed by atoms with Gasteiger partial charge in [-0.3, -0.25) is 9.59 Å². The first-order valence-electron chi connectivity index (χ1n) is 19.7. The van der Waals surface area contributed by atoms with E-state index >= 15 is 0 Å². The standard InChI is InChI=1S/C44H62N2O4/c1-27(2)31-17-22-44(26-45-38(48)34-10-9-25-46(34)28(3)47)24-23-42(7)33(37(31)44)15-16-36-41(6)20-18-32(29-11-13-30(14-12-29)39(49)50)40(4,5)35(41)19-21-43(36,42)8/h11-14,18,31,33-37H,1,9-10,15-17,19-26H2,2-8H3,(H,45,48)(H,49,50)/t31-,33+,34-,35-,36+,37+,41-,42+,43+,44+/m0/s1. The Morgan fingerprint density at radius 2 is 1.60 bits per heavy atom. The summed E-state index contributed by atoms with van der Waals surface area (Å²) in [6.07, 6.45) is 14.9. The van der Waals surface area contributed by atoms with Gasteiger partial charge >= 0.3 is 5.97 Å². The fourth-order valence-corrected chi connectivity index (χ4v) is 14.3. The summed E-state index contributed by atoms with van der Waals surface area (Å²) in [6.45, 7) is 22.7. The van der Waals surface area contributed by atoms with Gasteiger partial charge in [-0.1, -0.05) is 65.0 Å². The van der Waals surface area contributed by atoms with Crippen LogP contribution >= 0.6 is 0 Å². The molecule has 6 aliphatic rings. The highest BCUT2D eigenvalue weighted by Crippen LogP contribution is 2.77. The normalized spacial score (nSPS) is 41.6. The molecule has 6 nitrogen and oxygen atoms in total. The number of allylic oxidation sites excluding steroid dienone is 3. The third kappa shape index (κ3) is 5.03. The fraction of sp³-hybridized carbons (Fsp3) is 0.705. The van der Waals surface area contributed by atoms with Crippen molar-refractivity contribution in [3.05, 3.63) is 53.6 Å². The maximum atomic E-state index is 13.6. The molecule has 0 unspecified atom stereocenters. The Morgan fingerprint density at radius 3 is 2.26 bits per heavy atom. The van der Waals surface area contributed by atoms with Crippen molar-refractivity contribution in [2.75, 3.05) is 13.1 Å². The molecule has 5 aliphatic carbocycles. The number of hydrogen-bond donors (Lipinski definition) is 2. The number of nitrogens with zero attached hydrogens (tertiary/aromatic N) is 1. The zero-order valence-corrected chi connectivity index (χ0v) is 31.9. The number of carboxylic acids is 1. The van der Waals surface area contributed by atoms with Gasteiger partial charge in [-0.05, 0) is 157 Å². The molecule has 0 bridgehead atoms. The molecule has 2 N–H and O–H groups in total. The van der Waals surface area contributed by atoms with Gasteiger partial charge in [-0.2, -0.15) is 0 Å². The minimum Gasteiger partial charge on any atom is -0.478 e. The zero-order chi connectivity index (χ0) is 36.0. The third-order valence-corrected chi connectivity index (χ3v) is 16.8. The quantitative estimate of drug-likeness (QED) is 0.293. The van der Waals surface area contributed by atoms with Crippen LogP contribution in [0.15, 0.2) is 42.5 Å². The molecule has 6 heteroatoms. The monoisotopic (exact) mass is 682 g/mol. The van der Waals surface area contributed by atoms with Crippen LogP contribution in [0.25, 0.3) is 5.57 Å². The van der Waals surface area contributed by atoms with Crippen molar-refractivity contribution in [1.29, 1.82) is 0 Å². The number of hydrogen-bond acceptors (Lipinski definition) is 3. The van der Waals surface area contributed by atoms with Crippen molar-refractivity contribution >= 4 is 23.4 Å². The molecule has 0 spiro atoms. The summed E-state index contributed by atoms with van der Waals surface area (Å²) in [5, 5.41) is 12.9. The highest BCUT2D eigenvalue weighted by molar-refractivity contribution is 5.88. The number of aromatic carboxylic acids is 1. The van der Waals surface area contributed by atoms with Gasteiger partial charge in [0.15, 0.2) is 0 Å². The molecule has 0 aromatic heterocycles. The minimum absolute atomic E-state index is 0.00576. The fourth-order valence-electron chi connectivity index (χ4n) is 14.3. The van der Waals surface area contributed by atoms with E-state index in [4.69, 9.17) is 0 Å². The molecule has 1 aliphatic heterocycles. The Morgan fingerprint density at radius 1 is 0.880 bits per heavy atom. The number of likely N-dealkylation sites (tertiary alicyclic amines) is 1. The van der Waals surface area contributed by atoms with Crippen LogP contribution < -0.4 is 5.32 Å². The Labute approximate surface area is 300 Å². The number of fused-ring (bicyclic) bond motifs is 7. The first-order chi connectivity index (χ1) is 23.5. The number of carboxylic acid groups (broad SMARTS) is 1. The van der Waals surface area contributed by atoms with Crippen molar-refractivity contribution in [2.24, 2.45) is 56.7 Å². The van der Waals surface area contributed by atoms with Gasteiger partial charge in [0.25, 0.3) is 0 Å². The summed E-state index contributed by atoms with van der Waals surface area (Å²) >= 11 is 0. The smallest absolute Gasteiger partial charge is 0.335 e. The summed E-state index contributed by atoms with van der Waals surface area (Å²) in [6, 6.07) is 7.23. The second kappa shape index (κ2) is 12.1. The first kappa shape index (κ1) is 35.5. The summed E-state index contributed by atoms with van der Waals surface area (Å²) < 4.78 is 0. The second-order valence-corrected chi connectivity index (χ2v) is 19.1. The van der Waals surface area contributed by atoms with Gasteiger partial charge in [-0.25, -0.2) is 4.79 Å². The van der Waals surface area contributed by atoms with Crippen LogP contribution in [0.3, 0.4) is 0 Å². The minimum atomic E-state index is -0.876. The molecule has 0 radical (unpaired) electrons. The van der Waals surface area contributed by atoms with E-state index in [2.05, 4.69) is 59.5 Å². The third-order valence-electron chi connectivity index (χ3n) is 16.8. The summed E-state index contributed by atoms with van der Waals surface area (Å²) in [4.78, 5) is 39.2. The second-order valence-electron chi connectivity index (χ2n) is 19.1. The summed E-state index contributed by atoms with van der Waals surface area (Å²) in [5.74, 6) is 2.00. The average molecular weight is 683 g/mol. The SMILES string of the molecule is C=C(C)[C@@H]1CC[C@]2(CNC(=O)[C@@H]3CCCN3C(C)=O)CC[C@]3(C)[C@H](CC[C@@H]4[C@@]5(C)CC=C(c6ccc(C(=O)O)cc6)C(C)(C)[C@@H]5CC[C@]43C)[C@@H]12. The molecule has 1 heterocycles. The lowest BCUT2D eigenvalue weighted by Crippen LogP contribution is -2.66. The van der Waals surface area contributed by atoms with Crippen molar-refractivity contribution in [3.8, 4) is 0 Å². The molecule has 7 rings (SSSR count). The topological polar surface area (TPSA) is 86.7 Å². The zero-order valence-electron chi connectivity index (χ0n) is 31.9. The number of benzene rings is 1. The highest BCUT2D eigenvalue weighted by atomic mass is 16.4. The number of carbonyl (C=O) groups is 3. The van der Waals surface area contributed by atoms with E-state index in [-0.39, 0.29) is 44.9 Å². The maximum Gasteiger partial charge on any atom is 0.335 e. The van der Waals surface area contributed by atoms with Crippen LogP contribution in [-0.2, 0) is 9.59 Å². The van der Waals surface area contributed by atoms with Gasteiger partial charge < -0.3 is 15.3 Å². The average Bonchev–Trinajstić information content (AvgIpc) is 3.70. The lowest BCUT2D eigenvalue weighted by molar-refractivity contribution is -0.225. The van der Waals surface area contributed by atoms with Gasteiger partial charge in [-0.15, -0.1) is 0 Å². The van der Waals surface area contributed by atoms with Gasteiger partial charge in [0, 0.05) is 20.0 Å². The molecule has 1 saturated heterocycles. The van der Waals surface area contributed by atoms with Crippen LogP contribution in [0.5, 0.6) is 0 Å². The van der Waals surface area contributed by atoms with Crippen LogP contribution in [0.1, 0.15) is 135 Å². The molecule has 10 atom stereocenters. The number of carbonyl (C=O) groups excluding carboxylic acids is 2. The van der Waals surface area contributed by atoms with E-state index in [0.717, 1.165) is 44.2 Å².